The fourth-order valence-electron chi connectivity index (χ4n) is 1.25. The van der Waals surface area contributed by atoms with Gasteiger partial charge in [-0.2, -0.15) is 5.10 Å². The lowest BCUT2D eigenvalue weighted by atomic mass is 10.1. The van der Waals surface area contributed by atoms with Crippen molar-refractivity contribution in [3.63, 3.8) is 0 Å². The Kier molecular flexibility index (Phi) is 2.58. The van der Waals surface area contributed by atoms with E-state index in [1.807, 2.05) is 0 Å². The number of halogens is 2. The Bertz CT molecular complexity index is 512. The van der Waals surface area contributed by atoms with E-state index >= 15 is 0 Å². The number of rotatable bonds is 1. The van der Waals surface area contributed by atoms with E-state index in [0.29, 0.717) is 26.6 Å². The number of H-pyrrole nitrogens is 1. The molecule has 0 aliphatic carbocycles. The summed E-state index contributed by atoms with van der Waals surface area (Å²) in [7, 11) is 0. The minimum absolute atomic E-state index is 0.100. The van der Waals surface area contributed by atoms with Gasteiger partial charge in [0.25, 0.3) is 0 Å². The van der Waals surface area contributed by atoms with Crippen LogP contribution < -0.4 is 5.73 Å². The maximum Gasteiger partial charge on any atom is 0.145 e. The summed E-state index contributed by atoms with van der Waals surface area (Å²) in [6.07, 6.45) is 0. The quantitative estimate of drug-likeness (QED) is 0.755. The van der Waals surface area contributed by atoms with Gasteiger partial charge in [-0.3, -0.25) is 5.10 Å². The van der Waals surface area contributed by atoms with Gasteiger partial charge >= 0.3 is 0 Å². The van der Waals surface area contributed by atoms with E-state index in [0.717, 1.165) is 0 Å². The van der Waals surface area contributed by atoms with E-state index in [2.05, 4.69) is 26.1 Å². The standard InChI is InChI=1S/C9H7BrClN3O/c10-6-2-4(11)1-5(9(6)15)7-3-8(12)14-13-7/h1-3,15H,(H3,12,13,14). The Hall–Kier alpha value is -1.20. The van der Waals surface area contributed by atoms with E-state index in [9.17, 15) is 5.11 Å². The summed E-state index contributed by atoms with van der Waals surface area (Å²) >= 11 is 9.07. The molecule has 0 unspecified atom stereocenters. The monoisotopic (exact) mass is 287 g/mol. The fourth-order valence-corrected chi connectivity index (χ4v) is 2.06. The number of anilines is 1. The van der Waals surface area contributed by atoms with Crippen LogP contribution in [0.4, 0.5) is 5.82 Å². The number of nitrogens with zero attached hydrogens (tertiary/aromatic N) is 1. The molecule has 0 saturated carbocycles. The summed E-state index contributed by atoms with van der Waals surface area (Å²) in [4.78, 5) is 0. The van der Waals surface area contributed by atoms with Gasteiger partial charge in [0.05, 0.1) is 10.2 Å². The number of aromatic hydroxyl groups is 1. The van der Waals surface area contributed by atoms with Crippen LogP contribution in [0, 0.1) is 0 Å². The number of aromatic amines is 1. The molecule has 0 bridgehead atoms. The molecule has 0 spiro atoms. The largest absolute Gasteiger partial charge is 0.506 e. The zero-order valence-electron chi connectivity index (χ0n) is 7.46. The topological polar surface area (TPSA) is 74.9 Å². The smallest absolute Gasteiger partial charge is 0.145 e. The summed E-state index contributed by atoms with van der Waals surface area (Å²) in [6.45, 7) is 0. The molecule has 0 amide bonds. The van der Waals surface area contributed by atoms with Crippen molar-refractivity contribution in [2.24, 2.45) is 0 Å². The van der Waals surface area contributed by atoms with Crippen LogP contribution in [-0.2, 0) is 0 Å². The lowest BCUT2D eigenvalue weighted by Gasteiger charge is -2.04. The molecule has 0 aliphatic heterocycles. The predicted octanol–water partition coefficient (Wildman–Crippen LogP) is 2.78. The van der Waals surface area contributed by atoms with Crippen molar-refractivity contribution in [3.8, 4) is 17.0 Å². The van der Waals surface area contributed by atoms with Gasteiger partial charge in [-0.1, -0.05) is 11.6 Å². The molecule has 78 valence electrons. The number of aromatic nitrogens is 2. The molecule has 2 aromatic rings. The fraction of sp³-hybridized carbons (Fsp3) is 0. The predicted molar refractivity (Wildman–Crippen MR) is 62.8 cm³/mol. The van der Waals surface area contributed by atoms with Crippen molar-refractivity contribution >= 4 is 33.3 Å². The third kappa shape index (κ3) is 1.93. The van der Waals surface area contributed by atoms with E-state index in [4.69, 9.17) is 17.3 Å². The molecule has 0 radical (unpaired) electrons. The van der Waals surface area contributed by atoms with Gasteiger partial charge in [-0.15, -0.1) is 0 Å². The molecule has 2 rings (SSSR count). The van der Waals surface area contributed by atoms with Crippen LogP contribution in [0.1, 0.15) is 0 Å². The summed E-state index contributed by atoms with van der Waals surface area (Å²) < 4.78 is 0.526. The zero-order chi connectivity index (χ0) is 11.0. The Balaban J connectivity index is 2.62. The van der Waals surface area contributed by atoms with Gasteiger partial charge in [0, 0.05) is 16.7 Å². The molecule has 0 fully saturated rings. The molecule has 1 aromatic heterocycles. The Labute approximate surface area is 99.2 Å². The highest BCUT2D eigenvalue weighted by Crippen LogP contribution is 2.37. The van der Waals surface area contributed by atoms with Crippen molar-refractivity contribution in [2.75, 3.05) is 5.73 Å². The minimum Gasteiger partial charge on any atom is -0.506 e. The molecular formula is C9H7BrClN3O. The van der Waals surface area contributed by atoms with E-state index in [1.54, 1.807) is 18.2 Å². The first-order valence-corrected chi connectivity index (χ1v) is 5.24. The zero-order valence-corrected chi connectivity index (χ0v) is 9.80. The molecule has 15 heavy (non-hydrogen) atoms. The van der Waals surface area contributed by atoms with Gasteiger partial charge < -0.3 is 10.8 Å². The second kappa shape index (κ2) is 3.75. The van der Waals surface area contributed by atoms with Gasteiger partial charge in [0.1, 0.15) is 11.6 Å². The molecule has 0 atom stereocenters. The van der Waals surface area contributed by atoms with Crippen molar-refractivity contribution < 1.29 is 5.11 Å². The summed E-state index contributed by atoms with van der Waals surface area (Å²) in [5.74, 6) is 0.462. The second-order valence-corrected chi connectivity index (χ2v) is 4.28. The van der Waals surface area contributed by atoms with E-state index in [1.165, 1.54) is 0 Å². The van der Waals surface area contributed by atoms with Crippen molar-refractivity contribution in [1.29, 1.82) is 0 Å². The molecule has 0 aliphatic rings. The number of hydrogen-bond acceptors (Lipinski definition) is 3. The van der Waals surface area contributed by atoms with Crippen LogP contribution in [0.25, 0.3) is 11.3 Å². The number of nitrogens with one attached hydrogen (secondary N) is 1. The lowest BCUT2D eigenvalue weighted by molar-refractivity contribution is 0.474. The highest BCUT2D eigenvalue weighted by molar-refractivity contribution is 9.10. The minimum atomic E-state index is 0.100. The second-order valence-electron chi connectivity index (χ2n) is 2.99. The maximum atomic E-state index is 9.79. The average molecular weight is 289 g/mol. The Morgan fingerprint density at radius 2 is 2.13 bits per heavy atom. The molecular weight excluding hydrogens is 281 g/mol. The number of phenolic OH excluding ortho intramolecular Hbond substituents is 1. The number of nitrogen functional groups attached to an aromatic ring is 1. The van der Waals surface area contributed by atoms with E-state index < -0.39 is 0 Å². The Morgan fingerprint density at radius 3 is 2.73 bits per heavy atom. The molecule has 4 nitrogen and oxygen atoms in total. The van der Waals surface area contributed by atoms with Crippen LogP contribution >= 0.6 is 27.5 Å². The van der Waals surface area contributed by atoms with Crippen LogP contribution in [0.5, 0.6) is 5.75 Å². The summed E-state index contributed by atoms with van der Waals surface area (Å²) in [5, 5.41) is 16.8. The number of hydrogen-bond donors (Lipinski definition) is 3. The first-order valence-electron chi connectivity index (χ1n) is 4.07. The molecule has 6 heteroatoms. The van der Waals surface area contributed by atoms with Gasteiger partial charge in [-0.05, 0) is 28.1 Å². The molecule has 1 aromatic carbocycles. The third-order valence-corrected chi connectivity index (χ3v) is 2.74. The van der Waals surface area contributed by atoms with Crippen molar-refractivity contribution in [2.45, 2.75) is 0 Å². The number of phenols is 1. The number of nitrogens with two attached hydrogens (primary N) is 1. The summed E-state index contributed by atoms with van der Waals surface area (Å²) in [6, 6.07) is 4.87. The Morgan fingerprint density at radius 1 is 1.40 bits per heavy atom. The normalized spacial score (nSPS) is 10.5. The lowest BCUT2D eigenvalue weighted by Crippen LogP contribution is -1.81. The van der Waals surface area contributed by atoms with E-state index in [-0.39, 0.29) is 5.75 Å². The van der Waals surface area contributed by atoms with Gasteiger partial charge in [-0.25, -0.2) is 0 Å². The SMILES string of the molecule is Nc1cc(-c2cc(Cl)cc(Br)c2O)[nH]n1. The van der Waals surface area contributed by atoms with Crippen molar-refractivity contribution in [3.05, 3.63) is 27.7 Å². The van der Waals surface area contributed by atoms with Crippen molar-refractivity contribution in [1.82, 2.24) is 10.2 Å². The first kappa shape index (κ1) is 10.3. The van der Waals surface area contributed by atoms with Crippen LogP contribution in [0.2, 0.25) is 5.02 Å². The average Bonchev–Trinajstić information content (AvgIpc) is 2.58. The van der Waals surface area contributed by atoms with Crippen LogP contribution in [0.15, 0.2) is 22.7 Å². The van der Waals surface area contributed by atoms with Crippen LogP contribution in [-0.4, -0.2) is 15.3 Å². The molecule has 0 saturated heterocycles. The maximum absolute atomic E-state index is 9.79. The van der Waals surface area contributed by atoms with Gasteiger partial charge in [0.15, 0.2) is 0 Å². The first-order chi connectivity index (χ1) is 7.08. The van der Waals surface area contributed by atoms with Crippen LogP contribution in [0.3, 0.4) is 0 Å². The highest BCUT2D eigenvalue weighted by atomic mass is 79.9. The van der Waals surface area contributed by atoms with Gasteiger partial charge in [0.2, 0.25) is 0 Å². The molecule has 1 heterocycles. The third-order valence-electron chi connectivity index (χ3n) is 1.92. The molecule has 4 N–H and O–H groups in total. The highest BCUT2D eigenvalue weighted by Gasteiger charge is 2.11. The summed E-state index contributed by atoms with van der Waals surface area (Å²) in [5.41, 5.74) is 6.65. The number of benzene rings is 1.